The molecular weight excluding hydrogens is 386 g/mol. The number of amides is 2. The lowest BCUT2D eigenvalue weighted by molar-refractivity contribution is -0.0431. The normalized spacial score (nSPS) is 21.1. The second kappa shape index (κ2) is 7.72. The number of hydrogen-bond acceptors (Lipinski definition) is 6. The average Bonchev–Trinajstić information content (AvgIpc) is 3.06. The maximum atomic E-state index is 13.5. The first kappa shape index (κ1) is 19.2. The Morgan fingerprint density at radius 3 is 2.90 bits per heavy atom. The summed E-state index contributed by atoms with van der Waals surface area (Å²) in [5, 5.41) is 0. The standard InChI is InChI=1S/C19H18F2N4O4/c20-13-2-1-11(6-14(13)21)29-17-3-4-28-9-16(17)25-8-15-12(19(25)27)5-10(7-23-15)18(26)24-22/h1-2,5-7,16-17H,3-4,8-9,22H2,(H,24,26)/t16-,17-/m1/s1. The highest BCUT2D eigenvalue weighted by Crippen LogP contribution is 2.29. The molecule has 2 amide bonds. The van der Waals surface area contributed by atoms with Gasteiger partial charge in [0.15, 0.2) is 11.6 Å². The van der Waals surface area contributed by atoms with Gasteiger partial charge in [-0.15, -0.1) is 0 Å². The monoisotopic (exact) mass is 404 g/mol. The molecule has 1 aromatic carbocycles. The lowest BCUT2D eigenvalue weighted by Gasteiger charge is -2.37. The summed E-state index contributed by atoms with van der Waals surface area (Å²) in [5.41, 5.74) is 3.02. The summed E-state index contributed by atoms with van der Waals surface area (Å²) in [7, 11) is 0. The molecule has 8 nitrogen and oxygen atoms in total. The molecule has 29 heavy (non-hydrogen) atoms. The van der Waals surface area contributed by atoms with Crippen molar-refractivity contribution >= 4 is 11.8 Å². The number of nitrogen functional groups attached to an aromatic ring is 1. The average molecular weight is 404 g/mol. The van der Waals surface area contributed by atoms with Gasteiger partial charge < -0.3 is 14.4 Å². The van der Waals surface area contributed by atoms with Crippen molar-refractivity contribution in [2.45, 2.75) is 25.1 Å². The zero-order chi connectivity index (χ0) is 20.5. The van der Waals surface area contributed by atoms with E-state index >= 15 is 0 Å². The van der Waals surface area contributed by atoms with Crippen LogP contribution < -0.4 is 16.0 Å². The molecule has 3 N–H and O–H groups in total. The number of rotatable bonds is 4. The molecular formula is C19H18F2N4O4. The molecule has 2 aromatic rings. The van der Waals surface area contributed by atoms with Gasteiger partial charge in [0.1, 0.15) is 11.9 Å². The molecule has 0 radical (unpaired) electrons. The summed E-state index contributed by atoms with van der Waals surface area (Å²) in [5.74, 6) is 2.47. The molecule has 1 aromatic heterocycles. The highest BCUT2D eigenvalue weighted by Gasteiger charge is 2.40. The number of ether oxygens (including phenoxy) is 2. The summed E-state index contributed by atoms with van der Waals surface area (Å²) in [6, 6.07) is 4.29. The fraction of sp³-hybridized carbons (Fsp3) is 0.316. The Kier molecular flexibility index (Phi) is 5.12. The van der Waals surface area contributed by atoms with Crippen LogP contribution >= 0.6 is 0 Å². The molecule has 1 saturated heterocycles. The number of hydrogen-bond donors (Lipinski definition) is 2. The maximum Gasteiger partial charge on any atom is 0.266 e. The van der Waals surface area contributed by atoms with Gasteiger partial charge in [-0.1, -0.05) is 0 Å². The minimum atomic E-state index is -1.01. The van der Waals surface area contributed by atoms with E-state index in [-0.39, 0.29) is 30.4 Å². The fourth-order valence-corrected chi connectivity index (χ4v) is 3.52. The predicted molar refractivity (Wildman–Crippen MR) is 95.8 cm³/mol. The summed E-state index contributed by atoms with van der Waals surface area (Å²) in [6.45, 7) is 0.869. The molecule has 0 saturated carbocycles. The van der Waals surface area contributed by atoms with Gasteiger partial charge >= 0.3 is 0 Å². The van der Waals surface area contributed by atoms with Crippen molar-refractivity contribution in [2.75, 3.05) is 13.2 Å². The minimum absolute atomic E-state index is 0.171. The highest BCUT2D eigenvalue weighted by molar-refractivity contribution is 6.01. The van der Waals surface area contributed by atoms with Crippen LogP contribution in [0.1, 0.15) is 32.8 Å². The number of nitrogens with one attached hydrogen (secondary N) is 1. The molecule has 3 heterocycles. The summed E-state index contributed by atoms with van der Waals surface area (Å²) >= 11 is 0. The maximum absolute atomic E-state index is 13.5. The number of benzene rings is 1. The number of carbonyl (C=O) groups is 2. The van der Waals surface area contributed by atoms with Crippen LogP contribution in [0.3, 0.4) is 0 Å². The largest absolute Gasteiger partial charge is 0.488 e. The quantitative estimate of drug-likeness (QED) is 0.450. The lowest BCUT2D eigenvalue weighted by Crippen LogP contribution is -2.52. The van der Waals surface area contributed by atoms with Crippen molar-refractivity contribution in [2.24, 2.45) is 5.84 Å². The predicted octanol–water partition coefficient (Wildman–Crippen LogP) is 1.16. The topological polar surface area (TPSA) is 107 Å². The van der Waals surface area contributed by atoms with E-state index in [1.807, 2.05) is 5.43 Å². The lowest BCUT2D eigenvalue weighted by atomic mass is 10.0. The number of nitrogens with two attached hydrogens (primary N) is 1. The number of halogens is 2. The summed E-state index contributed by atoms with van der Waals surface area (Å²) in [6.07, 6.45) is 1.35. The third kappa shape index (κ3) is 3.64. The van der Waals surface area contributed by atoms with Crippen molar-refractivity contribution < 1.29 is 27.8 Å². The molecule has 10 heteroatoms. The van der Waals surface area contributed by atoms with E-state index in [1.165, 1.54) is 18.3 Å². The number of pyridine rings is 1. The van der Waals surface area contributed by atoms with Gasteiger partial charge in [-0.05, 0) is 18.2 Å². The first-order valence-electron chi connectivity index (χ1n) is 8.98. The number of hydrazine groups is 1. The van der Waals surface area contributed by atoms with Crippen LogP contribution in [0.15, 0.2) is 30.5 Å². The van der Waals surface area contributed by atoms with Gasteiger partial charge in [0.05, 0.1) is 42.6 Å². The second-order valence-corrected chi connectivity index (χ2v) is 6.79. The highest BCUT2D eigenvalue weighted by atomic mass is 19.2. The third-order valence-corrected chi connectivity index (χ3v) is 5.02. The Bertz CT molecular complexity index is 971. The SMILES string of the molecule is NNC(=O)c1cnc2c(c1)C(=O)N([C@@H]1COCC[C@H]1Oc1ccc(F)c(F)c1)C2. The molecule has 1 fully saturated rings. The van der Waals surface area contributed by atoms with E-state index in [2.05, 4.69) is 4.98 Å². The van der Waals surface area contributed by atoms with Gasteiger partial charge in [0.2, 0.25) is 0 Å². The molecule has 0 aliphatic carbocycles. The first-order chi connectivity index (χ1) is 14.0. The van der Waals surface area contributed by atoms with E-state index in [9.17, 15) is 18.4 Å². The van der Waals surface area contributed by atoms with Crippen LogP contribution in [-0.4, -0.2) is 47.1 Å². The Hall–Kier alpha value is -3.11. The first-order valence-corrected chi connectivity index (χ1v) is 8.98. The Morgan fingerprint density at radius 2 is 2.14 bits per heavy atom. The second-order valence-electron chi connectivity index (χ2n) is 6.79. The number of carbonyl (C=O) groups excluding carboxylic acids is 2. The van der Waals surface area contributed by atoms with Gasteiger partial charge in [-0.25, -0.2) is 14.6 Å². The fourth-order valence-electron chi connectivity index (χ4n) is 3.52. The zero-order valence-corrected chi connectivity index (χ0v) is 15.2. The number of nitrogens with zero attached hydrogens (tertiary/aromatic N) is 2. The number of fused-ring (bicyclic) bond motifs is 1. The smallest absolute Gasteiger partial charge is 0.266 e. The zero-order valence-electron chi connectivity index (χ0n) is 15.2. The molecule has 152 valence electrons. The van der Waals surface area contributed by atoms with Gasteiger partial charge in [-0.3, -0.25) is 20.0 Å². The summed E-state index contributed by atoms with van der Waals surface area (Å²) < 4.78 is 38.1. The van der Waals surface area contributed by atoms with E-state index in [0.29, 0.717) is 24.3 Å². The van der Waals surface area contributed by atoms with Gasteiger partial charge in [-0.2, -0.15) is 0 Å². The molecule has 4 rings (SSSR count). The minimum Gasteiger partial charge on any atom is -0.488 e. The molecule has 0 bridgehead atoms. The Labute approximate surface area is 164 Å². The van der Waals surface area contributed by atoms with E-state index in [0.717, 1.165) is 12.1 Å². The summed E-state index contributed by atoms with van der Waals surface area (Å²) in [4.78, 5) is 30.4. The Balaban J connectivity index is 1.56. The van der Waals surface area contributed by atoms with E-state index < -0.39 is 29.7 Å². The van der Waals surface area contributed by atoms with Crippen molar-refractivity contribution in [1.29, 1.82) is 0 Å². The van der Waals surface area contributed by atoms with Crippen molar-refractivity contribution in [3.8, 4) is 5.75 Å². The molecule has 2 aliphatic rings. The van der Waals surface area contributed by atoms with Crippen molar-refractivity contribution in [3.05, 3.63) is 58.9 Å². The third-order valence-electron chi connectivity index (χ3n) is 5.02. The molecule has 0 spiro atoms. The molecule has 2 aliphatic heterocycles. The van der Waals surface area contributed by atoms with Crippen LogP contribution in [0.4, 0.5) is 8.78 Å². The van der Waals surface area contributed by atoms with Crippen LogP contribution in [0, 0.1) is 11.6 Å². The van der Waals surface area contributed by atoms with Crippen LogP contribution in [0.5, 0.6) is 5.75 Å². The van der Waals surface area contributed by atoms with Gasteiger partial charge in [0.25, 0.3) is 11.8 Å². The van der Waals surface area contributed by atoms with Gasteiger partial charge in [0, 0.05) is 18.7 Å². The Morgan fingerprint density at radius 1 is 1.31 bits per heavy atom. The van der Waals surface area contributed by atoms with Crippen molar-refractivity contribution in [1.82, 2.24) is 15.3 Å². The number of aromatic nitrogens is 1. The van der Waals surface area contributed by atoms with E-state index in [4.69, 9.17) is 15.3 Å². The molecule has 0 unspecified atom stereocenters. The van der Waals surface area contributed by atoms with Crippen LogP contribution in [0.2, 0.25) is 0 Å². The molecule has 2 atom stereocenters. The van der Waals surface area contributed by atoms with Crippen LogP contribution in [-0.2, 0) is 11.3 Å². The van der Waals surface area contributed by atoms with Crippen molar-refractivity contribution in [3.63, 3.8) is 0 Å². The van der Waals surface area contributed by atoms with Crippen LogP contribution in [0.25, 0.3) is 0 Å². The van der Waals surface area contributed by atoms with E-state index in [1.54, 1.807) is 4.90 Å².